The Kier molecular flexibility index (Phi) is 4.34. The molecule has 0 aliphatic heterocycles. The van der Waals surface area contributed by atoms with E-state index < -0.39 is 10.0 Å². The molecule has 0 atom stereocenters. The van der Waals surface area contributed by atoms with Crippen molar-refractivity contribution in [2.45, 2.75) is 18.7 Å². The molecule has 7 heteroatoms. The maximum atomic E-state index is 12.4. The van der Waals surface area contributed by atoms with Crippen LogP contribution in [-0.4, -0.2) is 13.6 Å². The van der Waals surface area contributed by atoms with Crippen molar-refractivity contribution >= 4 is 27.5 Å². The molecule has 1 aromatic heterocycles. The van der Waals surface area contributed by atoms with Crippen molar-refractivity contribution in [1.29, 1.82) is 0 Å². The summed E-state index contributed by atoms with van der Waals surface area (Å²) in [5, 5.41) is 3.77. The smallest absolute Gasteiger partial charge is 0.264 e. The van der Waals surface area contributed by atoms with Crippen molar-refractivity contribution in [2.75, 3.05) is 4.72 Å². The normalized spacial score (nSPS) is 11.5. The summed E-state index contributed by atoms with van der Waals surface area (Å²) in [7, 11) is -3.80. The predicted octanol–water partition coefficient (Wildman–Crippen LogP) is 4.41. The van der Waals surface area contributed by atoms with Gasteiger partial charge in [0, 0.05) is 0 Å². The van der Waals surface area contributed by atoms with Crippen molar-refractivity contribution in [3.63, 3.8) is 0 Å². The van der Waals surface area contributed by atoms with Crippen molar-refractivity contribution in [3.05, 3.63) is 64.8 Å². The minimum absolute atomic E-state index is 0.0863. The van der Waals surface area contributed by atoms with Gasteiger partial charge >= 0.3 is 0 Å². The number of rotatable bonds is 4. The van der Waals surface area contributed by atoms with E-state index in [4.69, 9.17) is 16.1 Å². The molecule has 1 heterocycles. The van der Waals surface area contributed by atoms with Crippen molar-refractivity contribution < 1.29 is 12.9 Å². The van der Waals surface area contributed by atoms with Crippen molar-refractivity contribution in [2.24, 2.45) is 0 Å². The fourth-order valence-corrected chi connectivity index (χ4v) is 3.34. The first-order valence-electron chi connectivity index (χ1n) is 7.18. The number of halogens is 1. The van der Waals surface area contributed by atoms with E-state index in [1.807, 2.05) is 31.2 Å². The van der Waals surface area contributed by atoms with E-state index >= 15 is 0 Å². The Balaban J connectivity index is 1.86. The molecular weight excluding hydrogens is 348 g/mol. The molecule has 1 N–H and O–H groups in total. The molecule has 24 heavy (non-hydrogen) atoms. The number of aryl methyl sites for hydroxylation is 2. The monoisotopic (exact) mass is 362 g/mol. The highest BCUT2D eigenvalue weighted by atomic mass is 35.5. The molecule has 0 unspecified atom stereocenters. The predicted molar refractivity (Wildman–Crippen MR) is 93.7 cm³/mol. The van der Waals surface area contributed by atoms with Crippen LogP contribution in [0, 0.1) is 13.8 Å². The van der Waals surface area contributed by atoms with Crippen LogP contribution >= 0.6 is 11.6 Å². The lowest BCUT2D eigenvalue weighted by Crippen LogP contribution is -2.12. The third-order valence-corrected chi connectivity index (χ3v) is 5.36. The highest BCUT2D eigenvalue weighted by Gasteiger charge is 2.20. The summed E-state index contributed by atoms with van der Waals surface area (Å²) in [5.74, 6) is -0.0863. The van der Waals surface area contributed by atoms with E-state index in [9.17, 15) is 8.42 Å². The Bertz CT molecular complexity index is 962. The number of aromatic nitrogens is 1. The van der Waals surface area contributed by atoms with Crippen LogP contribution in [0.2, 0.25) is 5.02 Å². The van der Waals surface area contributed by atoms with Crippen molar-refractivity contribution in [1.82, 2.24) is 5.16 Å². The molecule has 0 radical (unpaired) electrons. The minimum atomic E-state index is -3.80. The van der Waals surface area contributed by atoms with Gasteiger partial charge in [0.25, 0.3) is 15.9 Å². The lowest BCUT2D eigenvalue weighted by atomic mass is 10.0. The second-order valence-electron chi connectivity index (χ2n) is 5.41. The Labute approximate surface area is 145 Å². The highest BCUT2D eigenvalue weighted by Crippen LogP contribution is 2.28. The summed E-state index contributed by atoms with van der Waals surface area (Å²) >= 11 is 5.94. The first kappa shape index (κ1) is 16.5. The molecular formula is C17H15ClN2O3S. The molecule has 0 aliphatic carbocycles. The number of anilines is 1. The quantitative estimate of drug-likeness (QED) is 0.746. The van der Waals surface area contributed by atoms with Gasteiger partial charge in [-0.05, 0) is 37.1 Å². The van der Waals surface area contributed by atoms with Gasteiger partial charge in [-0.2, -0.15) is 0 Å². The van der Waals surface area contributed by atoms with E-state index in [1.165, 1.54) is 17.7 Å². The van der Waals surface area contributed by atoms with Crippen LogP contribution in [0.25, 0.3) is 11.1 Å². The molecule has 0 amide bonds. The van der Waals surface area contributed by atoms with Gasteiger partial charge in [0.15, 0.2) is 0 Å². The van der Waals surface area contributed by atoms with Gasteiger partial charge < -0.3 is 4.52 Å². The largest absolute Gasteiger partial charge is 0.336 e. The summed E-state index contributed by atoms with van der Waals surface area (Å²) in [6, 6.07) is 14.6. The zero-order valence-electron chi connectivity index (χ0n) is 13.1. The average Bonchev–Trinajstić information content (AvgIpc) is 2.87. The number of benzene rings is 2. The Morgan fingerprint density at radius 3 is 2.00 bits per heavy atom. The molecule has 0 fully saturated rings. The molecule has 0 aliphatic rings. The maximum absolute atomic E-state index is 12.4. The van der Waals surface area contributed by atoms with Crippen LogP contribution in [0.3, 0.4) is 0 Å². The van der Waals surface area contributed by atoms with Gasteiger partial charge in [-0.1, -0.05) is 58.7 Å². The fourth-order valence-electron chi connectivity index (χ4n) is 2.18. The number of sulfonamides is 1. The highest BCUT2D eigenvalue weighted by molar-refractivity contribution is 7.92. The summed E-state index contributed by atoms with van der Waals surface area (Å²) in [6.45, 7) is 3.64. The summed E-state index contributed by atoms with van der Waals surface area (Å²) < 4.78 is 32.0. The van der Waals surface area contributed by atoms with E-state index in [2.05, 4.69) is 9.88 Å². The second kappa shape index (κ2) is 6.30. The molecule has 3 aromatic rings. The third-order valence-electron chi connectivity index (χ3n) is 3.57. The van der Waals surface area contributed by atoms with Gasteiger partial charge in [-0.3, -0.25) is 0 Å². The van der Waals surface area contributed by atoms with Gasteiger partial charge in [-0.25, -0.2) is 13.1 Å². The maximum Gasteiger partial charge on any atom is 0.264 e. The summed E-state index contributed by atoms with van der Waals surface area (Å²) in [5.41, 5.74) is 3.54. The van der Waals surface area contributed by atoms with Crippen molar-refractivity contribution in [3.8, 4) is 11.1 Å². The molecule has 124 valence electrons. The van der Waals surface area contributed by atoms with E-state index in [1.54, 1.807) is 19.1 Å². The van der Waals surface area contributed by atoms with Gasteiger partial charge in [-0.15, -0.1) is 0 Å². The van der Waals surface area contributed by atoms with E-state index in [-0.39, 0.29) is 15.8 Å². The molecule has 0 bridgehead atoms. The zero-order chi connectivity index (χ0) is 17.3. The number of hydrogen-bond acceptors (Lipinski definition) is 4. The zero-order valence-corrected chi connectivity index (χ0v) is 14.6. The third kappa shape index (κ3) is 3.29. The van der Waals surface area contributed by atoms with Gasteiger partial charge in [0.2, 0.25) is 0 Å². The van der Waals surface area contributed by atoms with Gasteiger partial charge in [0.05, 0.1) is 4.90 Å². The molecule has 2 aromatic carbocycles. The molecule has 3 rings (SSSR count). The van der Waals surface area contributed by atoms with E-state index in [0.717, 1.165) is 11.1 Å². The second-order valence-corrected chi connectivity index (χ2v) is 7.47. The van der Waals surface area contributed by atoms with Crippen LogP contribution in [0.1, 0.15) is 11.3 Å². The molecule has 0 saturated carbocycles. The number of nitrogens with zero attached hydrogens (tertiary/aromatic N) is 1. The number of nitrogens with one attached hydrogen (secondary N) is 1. The van der Waals surface area contributed by atoms with E-state index in [0.29, 0.717) is 5.69 Å². The van der Waals surface area contributed by atoms with Crippen LogP contribution in [0.15, 0.2) is 57.9 Å². The molecule has 5 nitrogen and oxygen atoms in total. The summed E-state index contributed by atoms with van der Waals surface area (Å²) in [4.78, 5) is 0.114. The minimum Gasteiger partial charge on any atom is -0.336 e. The van der Waals surface area contributed by atoms with Gasteiger partial charge in [0.1, 0.15) is 10.7 Å². The lowest BCUT2D eigenvalue weighted by molar-refractivity contribution is 0.430. The molecule has 0 spiro atoms. The Hall–Kier alpha value is -2.31. The van der Waals surface area contributed by atoms with Crippen LogP contribution in [0.4, 0.5) is 5.88 Å². The average molecular weight is 363 g/mol. The number of hydrogen-bond donors (Lipinski definition) is 1. The first-order chi connectivity index (χ1) is 11.4. The topological polar surface area (TPSA) is 72.2 Å². The SMILES string of the molecule is Cc1ccc(-c2ccc(S(=O)(=O)Nc3onc(C)c3Cl)cc2)cc1. The lowest BCUT2D eigenvalue weighted by Gasteiger charge is -2.07. The first-order valence-corrected chi connectivity index (χ1v) is 9.04. The standard InChI is InChI=1S/C17H15ClN2O3S/c1-11-3-5-13(6-4-11)14-7-9-15(10-8-14)24(21,22)20-17-16(18)12(2)19-23-17/h3-10,20H,1-2H3. The Morgan fingerprint density at radius 2 is 1.50 bits per heavy atom. The summed E-state index contributed by atoms with van der Waals surface area (Å²) in [6.07, 6.45) is 0. The van der Waals surface area contributed by atoms with Crippen LogP contribution in [0.5, 0.6) is 0 Å². The fraction of sp³-hybridized carbons (Fsp3) is 0.118. The van der Waals surface area contributed by atoms with Crippen LogP contribution < -0.4 is 4.72 Å². The van der Waals surface area contributed by atoms with Crippen LogP contribution in [-0.2, 0) is 10.0 Å². The molecule has 0 saturated heterocycles. The Morgan fingerprint density at radius 1 is 0.958 bits per heavy atom.